The van der Waals surface area contributed by atoms with Crippen LogP contribution in [0.15, 0.2) is 0 Å². The van der Waals surface area contributed by atoms with E-state index in [0.717, 1.165) is 0 Å². The highest BCUT2D eigenvalue weighted by Gasteiger charge is 2.47. The minimum atomic E-state index is -2.04. The van der Waals surface area contributed by atoms with Gasteiger partial charge in [0.25, 0.3) is 0 Å². The Kier molecular flexibility index (Phi) is 11.1. The molecule has 0 aliphatic carbocycles. The van der Waals surface area contributed by atoms with Crippen molar-refractivity contribution >= 4 is 6.29 Å². The van der Waals surface area contributed by atoms with E-state index in [4.69, 9.17) is 18.9 Å². The maximum absolute atomic E-state index is 10.5. The number of aliphatic hydroxyl groups is 11. The van der Waals surface area contributed by atoms with Gasteiger partial charge in [-0.3, -0.25) is 0 Å². The van der Waals surface area contributed by atoms with Crippen molar-refractivity contribution in [3.63, 3.8) is 0 Å². The first-order valence-electron chi connectivity index (χ1n) is 10.4. The van der Waals surface area contributed by atoms with Gasteiger partial charge in [0.15, 0.2) is 18.9 Å². The van der Waals surface area contributed by atoms with E-state index in [0.29, 0.717) is 0 Å². The maximum Gasteiger partial charge on any atom is 0.186 e. The van der Waals surface area contributed by atoms with E-state index >= 15 is 0 Å². The average Bonchev–Trinajstić information content (AvgIpc) is 2.84. The summed E-state index contributed by atoms with van der Waals surface area (Å²) in [6, 6.07) is 0. The fourth-order valence-electron chi connectivity index (χ4n) is 3.39. The summed E-state index contributed by atoms with van der Waals surface area (Å²) in [6.07, 6.45) is -24.4. The molecule has 16 nitrogen and oxygen atoms in total. The van der Waals surface area contributed by atoms with Gasteiger partial charge in [0, 0.05) is 0 Å². The van der Waals surface area contributed by atoms with Crippen LogP contribution in [-0.2, 0) is 23.7 Å². The van der Waals surface area contributed by atoms with E-state index in [1.165, 1.54) is 0 Å². The Hall–Kier alpha value is -0.930. The molecule has 2 heterocycles. The molecule has 200 valence electrons. The quantitative estimate of drug-likeness (QED) is 0.117. The molecular formula is C18H32O16. The molecule has 11 N–H and O–H groups in total. The van der Waals surface area contributed by atoms with Crippen molar-refractivity contribution in [2.45, 2.75) is 85.8 Å². The van der Waals surface area contributed by atoms with Gasteiger partial charge in [-0.15, -0.1) is 0 Å². The summed E-state index contributed by atoms with van der Waals surface area (Å²) in [4.78, 5) is 10.5. The number of carbonyl (C=O) groups is 1. The van der Waals surface area contributed by atoms with Crippen molar-refractivity contribution in [2.24, 2.45) is 0 Å². The third-order valence-corrected chi connectivity index (χ3v) is 5.61. The molecule has 2 fully saturated rings. The van der Waals surface area contributed by atoms with E-state index in [2.05, 4.69) is 0 Å². The van der Waals surface area contributed by atoms with Crippen molar-refractivity contribution < 1.29 is 79.9 Å². The lowest BCUT2D eigenvalue weighted by molar-refractivity contribution is -0.333. The van der Waals surface area contributed by atoms with Crippen LogP contribution in [0.1, 0.15) is 0 Å². The first kappa shape index (κ1) is 29.3. The third kappa shape index (κ3) is 6.64. The average molecular weight is 504 g/mol. The van der Waals surface area contributed by atoms with Gasteiger partial charge < -0.3 is 79.9 Å². The van der Waals surface area contributed by atoms with Gasteiger partial charge in [0.1, 0.15) is 73.2 Å². The molecule has 16 heteroatoms. The molecule has 0 amide bonds. The molecule has 0 saturated carbocycles. The van der Waals surface area contributed by atoms with Gasteiger partial charge in [-0.2, -0.15) is 0 Å². The molecule has 0 radical (unpaired) electrons. The van der Waals surface area contributed by atoms with Crippen molar-refractivity contribution in [3.8, 4) is 0 Å². The van der Waals surface area contributed by atoms with Crippen LogP contribution in [0.5, 0.6) is 0 Å². The highest BCUT2D eigenvalue weighted by atomic mass is 16.7. The zero-order chi connectivity index (χ0) is 25.7. The molecule has 2 rings (SSSR count). The number of hydrogen-bond acceptors (Lipinski definition) is 16. The Bertz CT molecular complexity index is 623. The summed E-state index contributed by atoms with van der Waals surface area (Å²) < 4.78 is 20.8. The van der Waals surface area contributed by atoms with E-state index in [1.807, 2.05) is 0 Å². The Morgan fingerprint density at radius 2 is 1.21 bits per heavy atom. The summed E-state index contributed by atoms with van der Waals surface area (Å²) in [5.41, 5.74) is 0. The Balaban J connectivity index is 1.96. The lowest BCUT2D eigenvalue weighted by Crippen LogP contribution is -2.62. The standard InChI is InChI=1S/C18H32O16/c19-1-5(21)9(23)10(24)6(22)3-31-17-16(30)14(28)12(26)8(34-17)4-32-18-15(29)13(27)11(25)7(2-20)33-18/h1,5-18,20-30H,2-4H2/t5-,6+,7+,8+,9+,10-,11-,12-,13-,14-,15+,16+,17-,18-/m0/s1. The molecule has 0 aromatic rings. The maximum atomic E-state index is 10.5. The number of hydrogen-bond donors (Lipinski definition) is 11. The fraction of sp³-hybridized carbons (Fsp3) is 0.944. The van der Waals surface area contributed by atoms with Crippen molar-refractivity contribution in [3.05, 3.63) is 0 Å². The number of ether oxygens (including phenoxy) is 4. The minimum Gasteiger partial charge on any atom is -0.394 e. The molecule has 34 heavy (non-hydrogen) atoms. The molecule has 0 unspecified atom stereocenters. The molecule has 2 aliphatic rings. The number of aldehydes is 1. The van der Waals surface area contributed by atoms with Crippen molar-refractivity contribution in [1.82, 2.24) is 0 Å². The second-order valence-electron chi connectivity index (χ2n) is 8.05. The Labute approximate surface area is 192 Å². The van der Waals surface area contributed by atoms with Crippen LogP contribution >= 0.6 is 0 Å². The van der Waals surface area contributed by atoms with E-state index in [1.54, 1.807) is 0 Å². The highest BCUT2D eigenvalue weighted by molar-refractivity contribution is 5.56. The smallest absolute Gasteiger partial charge is 0.186 e. The molecule has 0 aromatic carbocycles. The van der Waals surface area contributed by atoms with Crippen LogP contribution in [0.2, 0.25) is 0 Å². The molecule has 0 bridgehead atoms. The summed E-state index contributed by atoms with van der Waals surface area (Å²) in [5.74, 6) is 0. The van der Waals surface area contributed by atoms with Crippen LogP contribution in [0, 0.1) is 0 Å². The predicted octanol–water partition coefficient (Wildman–Crippen LogP) is -7.73. The van der Waals surface area contributed by atoms with Gasteiger partial charge in [0.05, 0.1) is 19.8 Å². The lowest BCUT2D eigenvalue weighted by atomic mass is 9.98. The summed E-state index contributed by atoms with van der Waals surface area (Å²) in [5, 5.41) is 107. The fourth-order valence-corrected chi connectivity index (χ4v) is 3.39. The SMILES string of the molecule is O=C[C@H](O)[C@@H](O)[C@@H](O)[C@H](O)CO[C@H]1O[C@H](CO[C@H]2O[C@H](CO)[C@H](O)[C@H](O)[C@H]2O)[C@H](O)[C@H](O)[C@H]1O. The largest absolute Gasteiger partial charge is 0.394 e. The van der Waals surface area contributed by atoms with Crippen molar-refractivity contribution in [2.75, 3.05) is 19.8 Å². The number of aliphatic hydroxyl groups excluding tert-OH is 11. The van der Waals surface area contributed by atoms with E-state index < -0.39 is 106 Å². The van der Waals surface area contributed by atoms with Crippen LogP contribution in [-0.4, -0.2) is 168 Å². The van der Waals surface area contributed by atoms with E-state index in [-0.39, 0.29) is 6.29 Å². The zero-order valence-electron chi connectivity index (χ0n) is 17.7. The molecule has 2 aliphatic heterocycles. The van der Waals surface area contributed by atoms with Gasteiger partial charge >= 0.3 is 0 Å². The molecule has 14 atom stereocenters. The highest BCUT2D eigenvalue weighted by Crippen LogP contribution is 2.26. The number of rotatable bonds is 11. The molecule has 0 aromatic heterocycles. The van der Waals surface area contributed by atoms with Gasteiger partial charge in [0.2, 0.25) is 0 Å². The zero-order valence-corrected chi connectivity index (χ0v) is 17.7. The molecule has 2 saturated heterocycles. The third-order valence-electron chi connectivity index (χ3n) is 5.61. The summed E-state index contributed by atoms with van der Waals surface area (Å²) >= 11 is 0. The molecule has 0 spiro atoms. The van der Waals surface area contributed by atoms with Crippen LogP contribution in [0.25, 0.3) is 0 Å². The Morgan fingerprint density at radius 3 is 1.74 bits per heavy atom. The predicted molar refractivity (Wildman–Crippen MR) is 102 cm³/mol. The number of carbonyl (C=O) groups excluding carboxylic acids is 1. The summed E-state index contributed by atoms with van der Waals surface area (Å²) in [6.45, 7) is -2.13. The Morgan fingerprint density at radius 1 is 0.706 bits per heavy atom. The minimum absolute atomic E-state index is 0.0623. The van der Waals surface area contributed by atoms with Crippen molar-refractivity contribution in [1.29, 1.82) is 0 Å². The second-order valence-corrected chi connectivity index (χ2v) is 8.05. The topological polar surface area (TPSA) is 277 Å². The normalized spacial score (nSPS) is 42.6. The molecular weight excluding hydrogens is 472 g/mol. The van der Waals surface area contributed by atoms with Gasteiger partial charge in [-0.25, -0.2) is 0 Å². The van der Waals surface area contributed by atoms with Crippen LogP contribution < -0.4 is 0 Å². The first-order valence-corrected chi connectivity index (χ1v) is 10.4. The lowest BCUT2D eigenvalue weighted by Gasteiger charge is -2.42. The van der Waals surface area contributed by atoms with Crippen LogP contribution in [0.3, 0.4) is 0 Å². The first-order chi connectivity index (χ1) is 15.9. The summed E-state index contributed by atoms with van der Waals surface area (Å²) in [7, 11) is 0. The second kappa shape index (κ2) is 12.9. The van der Waals surface area contributed by atoms with E-state index in [9.17, 15) is 61.0 Å². The van der Waals surface area contributed by atoms with Crippen LogP contribution in [0.4, 0.5) is 0 Å². The monoisotopic (exact) mass is 504 g/mol. The van der Waals surface area contributed by atoms with Gasteiger partial charge in [-0.05, 0) is 0 Å². The van der Waals surface area contributed by atoms with Gasteiger partial charge in [-0.1, -0.05) is 0 Å².